The van der Waals surface area contributed by atoms with E-state index >= 15 is 0 Å². The Bertz CT molecular complexity index is 609. The van der Waals surface area contributed by atoms with E-state index in [1.807, 2.05) is 0 Å². The monoisotopic (exact) mass is 422 g/mol. The maximum atomic E-state index is 6.83. The van der Waals surface area contributed by atoms with Crippen LogP contribution in [0.4, 0.5) is 0 Å². The molecule has 0 aromatic rings. The van der Waals surface area contributed by atoms with Crippen LogP contribution in [0.15, 0.2) is 0 Å². The molecule has 3 aliphatic carbocycles. The molecule has 0 N–H and O–H groups in total. The minimum absolute atomic E-state index is 0.282. The van der Waals surface area contributed by atoms with Crippen LogP contribution in [0, 0.1) is 17.8 Å². The van der Waals surface area contributed by atoms with Crippen molar-refractivity contribution in [1.82, 2.24) is 0 Å². The molecule has 6 rings (SSSR count). The topological polar surface area (TPSA) is 55.4 Å². The lowest BCUT2D eigenvalue weighted by atomic mass is 9.75. The summed E-state index contributed by atoms with van der Waals surface area (Å²) in [7, 11) is 0. The van der Waals surface area contributed by atoms with Crippen molar-refractivity contribution in [3.8, 4) is 0 Å². The minimum atomic E-state index is -0.372. The summed E-state index contributed by atoms with van der Waals surface area (Å²) in [4.78, 5) is 0. The van der Waals surface area contributed by atoms with E-state index in [1.165, 1.54) is 19.3 Å². The van der Waals surface area contributed by atoms with Gasteiger partial charge in [0.25, 0.3) is 0 Å². The smallest absolute Gasteiger partial charge is 0.168 e. The minimum Gasteiger partial charge on any atom is -0.350 e. The summed E-state index contributed by atoms with van der Waals surface area (Å²) >= 11 is 0. The Hall–Kier alpha value is -0.240. The van der Waals surface area contributed by atoms with Gasteiger partial charge in [0.1, 0.15) is 0 Å². The van der Waals surface area contributed by atoms with E-state index in [0.717, 1.165) is 90.8 Å². The van der Waals surface area contributed by atoms with E-state index in [-0.39, 0.29) is 23.5 Å². The van der Waals surface area contributed by atoms with Crippen LogP contribution < -0.4 is 0 Å². The van der Waals surface area contributed by atoms with Gasteiger partial charge in [-0.1, -0.05) is 0 Å². The highest BCUT2D eigenvalue weighted by Crippen LogP contribution is 2.52. The molecule has 6 fully saturated rings. The Morgan fingerprint density at radius 1 is 0.467 bits per heavy atom. The number of ether oxygens (including phenoxy) is 6. The van der Waals surface area contributed by atoms with Gasteiger partial charge in [0.2, 0.25) is 0 Å². The molecule has 30 heavy (non-hydrogen) atoms. The lowest BCUT2D eigenvalue weighted by Crippen LogP contribution is -2.50. The molecule has 6 nitrogen and oxygen atoms in total. The van der Waals surface area contributed by atoms with Gasteiger partial charge in [-0.2, -0.15) is 0 Å². The zero-order valence-electron chi connectivity index (χ0n) is 18.3. The summed E-state index contributed by atoms with van der Waals surface area (Å²) in [6.45, 7) is 4.01. The zero-order chi connectivity index (χ0) is 20.1. The summed E-state index contributed by atoms with van der Waals surface area (Å²) < 4.78 is 37.4. The van der Waals surface area contributed by atoms with Crippen molar-refractivity contribution in [2.24, 2.45) is 17.8 Å². The van der Waals surface area contributed by atoms with Crippen LogP contribution in [0.25, 0.3) is 0 Å². The first-order valence-electron chi connectivity index (χ1n) is 12.5. The molecule has 0 amide bonds. The largest absolute Gasteiger partial charge is 0.350 e. The number of hydrogen-bond acceptors (Lipinski definition) is 6. The molecule has 0 bridgehead atoms. The van der Waals surface area contributed by atoms with Gasteiger partial charge in [-0.25, -0.2) is 0 Å². The summed E-state index contributed by atoms with van der Waals surface area (Å²) in [6, 6.07) is 0. The maximum Gasteiger partial charge on any atom is 0.168 e. The van der Waals surface area contributed by atoms with E-state index in [1.54, 1.807) is 0 Å². The fourth-order valence-electron chi connectivity index (χ4n) is 7.32. The van der Waals surface area contributed by atoms with Crippen molar-refractivity contribution in [3.05, 3.63) is 0 Å². The normalized spacial score (nSPS) is 45.6. The molecule has 3 heterocycles. The first kappa shape index (κ1) is 20.4. The molecule has 3 aliphatic heterocycles. The van der Waals surface area contributed by atoms with Gasteiger partial charge in [0, 0.05) is 38.5 Å². The van der Waals surface area contributed by atoms with E-state index in [2.05, 4.69) is 0 Å². The van der Waals surface area contributed by atoms with Gasteiger partial charge in [-0.05, 0) is 56.3 Å². The lowest BCUT2D eigenvalue weighted by molar-refractivity contribution is -0.321. The zero-order valence-corrected chi connectivity index (χ0v) is 18.3. The van der Waals surface area contributed by atoms with Crippen molar-refractivity contribution in [2.45, 2.75) is 101 Å². The average Bonchev–Trinajstić information content (AvgIpc) is 3.51. The summed E-state index contributed by atoms with van der Waals surface area (Å²) in [5, 5.41) is 0. The van der Waals surface area contributed by atoms with E-state index < -0.39 is 0 Å². The van der Waals surface area contributed by atoms with Crippen LogP contribution in [0.2, 0.25) is 0 Å². The van der Waals surface area contributed by atoms with Crippen LogP contribution in [-0.2, 0) is 28.4 Å². The van der Waals surface area contributed by atoms with Crippen LogP contribution in [0.3, 0.4) is 0 Å². The Kier molecular flexibility index (Phi) is 5.41. The molecule has 0 radical (unpaired) electrons. The second-order valence-corrected chi connectivity index (χ2v) is 10.6. The average molecular weight is 423 g/mol. The number of rotatable bonds is 2. The Labute approximate surface area is 180 Å². The second-order valence-electron chi connectivity index (χ2n) is 10.6. The van der Waals surface area contributed by atoms with Crippen molar-refractivity contribution in [3.63, 3.8) is 0 Å². The van der Waals surface area contributed by atoms with Crippen LogP contribution >= 0.6 is 0 Å². The SMILES string of the molecule is C1COC2(CCC(C3CCCC4(C3)OCCC(C3CCC5(C3)OCCO5)O4)C2)OC1. The van der Waals surface area contributed by atoms with Gasteiger partial charge >= 0.3 is 0 Å². The Morgan fingerprint density at radius 3 is 1.87 bits per heavy atom. The Morgan fingerprint density at radius 2 is 1.07 bits per heavy atom. The fraction of sp³-hybridized carbons (Fsp3) is 1.00. The van der Waals surface area contributed by atoms with Crippen LogP contribution in [0.1, 0.15) is 77.0 Å². The molecular weight excluding hydrogens is 384 g/mol. The van der Waals surface area contributed by atoms with Crippen LogP contribution in [-0.4, -0.2) is 56.5 Å². The van der Waals surface area contributed by atoms with E-state index in [9.17, 15) is 0 Å². The van der Waals surface area contributed by atoms with E-state index in [0.29, 0.717) is 17.8 Å². The van der Waals surface area contributed by atoms with Gasteiger partial charge in [-0.15, -0.1) is 0 Å². The molecule has 3 saturated heterocycles. The third-order valence-electron chi connectivity index (χ3n) is 8.80. The van der Waals surface area contributed by atoms with Crippen molar-refractivity contribution in [2.75, 3.05) is 33.0 Å². The predicted octanol–water partition coefficient (Wildman–Crippen LogP) is 4.15. The summed E-state index contributed by atoms with van der Waals surface area (Å²) in [6.07, 6.45) is 13.3. The van der Waals surface area contributed by atoms with Gasteiger partial charge < -0.3 is 28.4 Å². The molecule has 6 aliphatic rings. The predicted molar refractivity (Wildman–Crippen MR) is 109 cm³/mol. The lowest BCUT2D eigenvalue weighted by Gasteiger charge is -2.48. The summed E-state index contributed by atoms with van der Waals surface area (Å²) in [5.74, 6) is 0.882. The van der Waals surface area contributed by atoms with Crippen LogP contribution in [0.5, 0.6) is 0 Å². The molecule has 0 aromatic heterocycles. The van der Waals surface area contributed by atoms with Gasteiger partial charge in [0.05, 0.1) is 39.1 Å². The molecule has 3 saturated carbocycles. The molecule has 6 heteroatoms. The maximum absolute atomic E-state index is 6.83. The van der Waals surface area contributed by atoms with Crippen molar-refractivity contribution >= 4 is 0 Å². The first-order chi connectivity index (χ1) is 14.7. The molecule has 5 atom stereocenters. The highest BCUT2D eigenvalue weighted by molar-refractivity contribution is 4.96. The van der Waals surface area contributed by atoms with Gasteiger partial charge in [0.15, 0.2) is 17.4 Å². The highest BCUT2D eigenvalue weighted by Gasteiger charge is 2.52. The molecule has 5 unspecified atom stereocenters. The fourth-order valence-corrected chi connectivity index (χ4v) is 7.32. The van der Waals surface area contributed by atoms with Gasteiger partial charge in [-0.3, -0.25) is 0 Å². The molecule has 0 aromatic carbocycles. The highest BCUT2D eigenvalue weighted by atomic mass is 16.7. The quantitative estimate of drug-likeness (QED) is 0.666. The Balaban J connectivity index is 1.10. The van der Waals surface area contributed by atoms with E-state index in [4.69, 9.17) is 28.4 Å². The van der Waals surface area contributed by atoms with Crippen molar-refractivity contribution in [1.29, 1.82) is 0 Å². The number of hydrogen-bond donors (Lipinski definition) is 0. The first-order valence-corrected chi connectivity index (χ1v) is 12.5. The third kappa shape index (κ3) is 3.75. The second kappa shape index (κ2) is 7.96. The standard InChI is InChI=1S/C24H38O6/c1-3-18(19-4-8-22(15-19)25-10-2-11-26-22)16-24(7-1)27-12-6-21(30-24)20-5-9-23(17-20)28-13-14-29-23/h18-21H,1-17H2. The molecule has 3 spiro atoms. The molecular formula is C24H38O6. The third-order valence-corrected chi connectivity index (χ3v) is 8.80. The summed E-state index contributed by atoms with van der Waals surface area (Å²) in [5.41, 5.74) is 0. The van der Waals surface area contributed by atoms with Crippen molar-refractivity contribution < 1.29 is 28.4 Å². The molecule has 170 valence electrons.